The van der Waals surface area contributed by atoms with E-state index in [0.29, 0.717) is 49.5 Å². The number of allylic oxidation sites excluding steroid dienone is 1. The molecule has 1 aliphatic heterocycles. The fourth-order valence-corrected chi connectivity index (χ4v) is 6.14. The Morgan fingerprint density at radius 3 is 2.44 bits per heavy atom. The van der Waals surface area contributed by atoms with Crippen molar-refractivity contribution in [1.29, 1.82) is 0 Å². The third-order valence-electron chi connectivity index (χ3n) is 8.49. The maximum Gasteiger partial charge on any atom is 0.408 e. The molecule has 15 nitrogen and oxygen atoms in total. The molecule has 2 aromatic carbocycles. The molecule has 0 saturated carbocycles. The molecule has 1 atom stereocenters. The number of carbonyl (C=O) groups excluding carboxylic acids is 2. The van der Waals surface area contributed by atoms with Crippen molar-refractivity contribution in [1.82, 2.24) is 21.4 Å². The van der Waals surface area contributed by atoms with Crippen molar-refractivity contribution in [3.63, 3.8) is 0 Å². The smallest absolute Gasteiger partial charge is 0.408 e. The molecular formula is C33H40N6O9. The van der Waals surface area contributed by atoms with Crippen LogP contribution in [0.5, 0.6) is 11.5 Å². The lowest BCUT2D eigenvalue weighted by Gasteiger charge is -2.32. The molecule has 0 bridgehead atoms. The van der Waals surface area contributed by atoms with Crippen molar-refractivity contribution in [3.05, 3.63) is 64.2 Å². The highest BCUT2D eigenvalue weighted by molar-refractivity contribution is 6.11. The first-order valence-corrected chi connectivity index (χ1v) is 15.5. The molecule has 5 N–H and O–H groups in total. The number of benzene rings is 2. The van der Waals surface area contributed by atoms with Crippen molar-refractivity contribution < 1.29 is 43.2 Å². The Morgan fingerprint density at radius 2 is 1.79 bits per heavy atom. The zero-order valence-electron chi connectivity index (χ0n) is 27.3. The number of carbonyl (C=O) groups is 3. The first-order chi connectivity index (χ1) is 23.2. The van der Waals surface area contributed by atoms with Crippen molar-refractivity contribution in [2.75, 3.05) is 48.1 Å². The second kappa shape index (κ2) is 15.2. The minimum atomic E-state index is -1.47. The van der Waals surface area contributed by atoms with Crippen LogP contribution in [0.3, 0.4) is 0 Å². The third-order valence-corrected chi connectivity index (χ3v) is 8.49. The van der Waals surface area contributed by atoms with Crippen LogP contribution in [0.4, 0.5) is 4.79 Å². The number of nitrogens with one attached hydrogen (secondary N) is 4. The molecule has 2 amide bonds. The Morgan fingerprint density at radius 1 is 1.04 bits per heavy atom. The number of hydrogen-bond donors (Lipinski definition) is 5. The summed E-state index contributed by atoms with van der Waals surface area (Å²) in [7, 11) is 6.05. The number of methoxy groups -OCH3 is 4. The van der Waals surface area contributed by atoms with Gasteiger partial charge in [0.15, 0.2) is 17.3 Å². The van der Waals surface area contributed by atoms with Gasteiger partial charge in [-0.05, 0) is 42.0 Å². The Hall–Kier alpha value is -5.15. The fourth-order valence-electron chi connectivity index (χ4n) is 6.14. The van der Waals surface area contributed by atoms with E-state index in [1.54, 1.807) is 44.6 Å². The number of aryl methyl sites for hydroxylation is 1. The molecule has 2 aliphatic carbocycles. The minimum Gasteiger partial charge on any atom is -0.492 e. The summed E-state index contributed by atoms with van der Waals surface area (Å²) in [4.78, 5) is 42.4. The van der Waals surface area contributed by atoms with Gasteiger partial charge in [0, 0.05) is 44.9 Å². The van der Waals surface area contributed by atoms with Crippen LogP contribution in [0.2, 0.25) is 0 Å². The summed E-state index contributed by atoms with van der Waals surface area (Å²) < 4.78 is 28.8. The van der Waals surface area contributed by atoms with Gasteiger partial charge in [-0.25, -0.2) is 20.0 Å². The lowest BCUT2D eigenvalue weighted by Crippen LogP contribution is -2.48. The van der Waals surface area contributed by atoms with Crippen LogP contribution in [0.1, 0.15) is 46.3 Å². The average Bonchev–Trinajstić information content (AvgIpc) is 3.73. The largest absolute Gasteiger partial charge is 0.492 e. The normalized spacial score (nSPS) is 17.7. The van der Waals surface area contributed by atoms with Crippen molar-refractivity contribution in [3.8, 4) is 11.5 Å². The number of rotatable bonds is 12. The Labute approximate surface area is 277 Å². The molecule has 3 aliphatic rings. The van der Waals surface area contributed by atoms with Gasteiger partial charge in [0.25, 0.3) is 5.91 Å². The van der Waals surface area contributed by atoms with E-state index in [1.165, 1.54) is 14.2 Å². The van der Waals surface area contributed by atoms with Crippen LogP contribution >= 0.6 is 0 Å². The molecular weight excluding hydrogens is 624 g/mol. The Balaban J connectivity index is 1.43. The van der Waals surface area contributed by atoms with Crippen LogP contribution in [0, 0.1) is 0 Å². The van der Waals surface area contributed by atoms with E-state index in [9.17, 15) is 19.5 Å². The molecule has 0 spiro atoms. The van der Waals surface area contributed by atoms with Gasteiger partial charge in [0.05, 0.1) is 32.0 Å². The van der Waals surface area contributed by atoms with Gasteiger partial charge in [-0.15, -0.1) is 0 Å². The number of amides is 2. The lowest BCUT2D eigenvalue weighted by atomic mass is 9.90. The first kappa shape index (κ1) is 34.2. The second-order valence-electron chi connectivity index (χ2n) is 11.2. The SMILES string of the molecule is COc1c(C(=O)NCC(NC(=O)OCc2ccccc2)C(=O)O)cc2c(c1OC)C1=C(CCC1(OC)OC)C(=NNC1=NCCN1)CC2. The van der Waals surface area contributed by atoms with E-state index in [-0.39, 0.29) is 17.9 Å². The summed E-state index contributed by atoms with van der Waals surface area (Å²) in [5, 5.41) is 22.5. The number of carboxylic acid groups (broad SMARTS) is 1. The summed E-state index contributed by atoms with van der Waals surface area (Å²) in [6.45, 7) is 0.916. The molecule has 5 rings (SSSR count). The van der Waals surface area contributed by atoms with Gasteiger partial charge in [-0.2, -0.15) is 5.10 Å². The number of guanidine groups is 1. The molecule has 1 heterocycles. The summed E-state index contributed by atoms with van der Waals surface area (Å²) >= 11 is 0. The quantitative estimate of drug-likeness (QED) is 0.165. The predicted octanol–water partition coefficient (Wildman–Crippen LogP) is 2.20. The topological polar surface area (TPSA) is 190 Å². The molecule has 1 unspecified atom stereocenters. The molecule has 0 aromatic heterocycles. The highest BCUT2D eigenvalue weighted by Gasteiger charge is 2.47. The van der Waals surface area contributed by atoms with Gasteiger partial charge in [-0.3, -0.25) is 4.79 Å². The van der Waals surface area contributed by atoms with Crippen LogP contribution in [0.25, 0.3) is 5.57 Å². The number of fused-ring (bicyclic) bond motifs is 2. The monoisotopic (exact) mass is 664 g/mol. The average molecular weight is 665 g/mol. The minimum absolute atomic E-state index is 0.0445. The maximum atomic E-state index is 13.7. The van der Waals surface area contributed by atoms with Gasteiger partial charge < -0.3 is 44.7 Å². The Kier molecular flexibility index (Phi) is 10.8. The van der Waals surface area contributed by atoms with Crippen molar-refractivity contribution >= 4 is 35.2 Å². The Bertz CT molecular complexity index is 1640. The number of ether oxygens (including phenoxy) is 5. The molecule has 15 heteroatoms. The highest BCUT2D eigenvalue weighted by Crippen LogP contribution is 2.53. The summed E-state index contributed by atoms with van der Waals surface area (Å²) in [6.07, 6.45) is 1.18. The van der Waals surface area contributed by atoms with Crippen molar-refractivity contribution in [2.45, 2.75) is 44.1 Å². The molecule has 0 fully saturated rings. The number of alkyl carbamates (subject to hydrolysis) is 1. The number of carboxylic acids is 1. The standard InChI is InChI=1S/C33H40N6O9/c1-44-27-22(29(40)36-17-24(30(41)42)37-32(43)48-18-19-8-6-5-7-9-19)16-20-10-11-23(38-39-31-34-14-15-35-31)21-12-13-33(46-3,47-4)26(21)25(20)28(27)45-2/h5-9,16,24H,10-15,17-18H2,1-4H3,(H,36,40)(H,37,43)(H,41,42)(H2,34,35,39). The predicted molar refractivity (Wildman–Crippen MR) is 175 cm³/mol. The summed E-state index contributed by atoms with van der Waals surface area (Å²) in [6, 6.07) is 9.18. The van der Waals surface area contributed by atoms with Crippen LogP contribution in [0.15, 0.2) is 52.1 Å². The third kappa shape index (κ3) is 7.06. The molecule has 2 aromatic rings. The van der Waals surface area contributed by atoms with Crippen LogP contribution < -0.4 is 30.8 Å². The number of hydrogen-bond acceptors (Lipinski definition) is 12. The van der Waals surface area contributed by atoms with E-state index in [1.807, 2.05) is 6.07 Å². The van der Waals surface area contributed by atoms with E-state index in [2.05, 4.69) is 26.4 Å². The second-order valence-corrected chi connectivity index (χ2v) is 11.2. The molecule has 48 heavy (non-hydrogen) atoms. The van der Waals surface area contributed by atoms with Crippen LogP contribution in [-0.2, 0) is 32.0 Å². The molecule has 0 radical (unpaired) electrons. The van der Waals surface area contributed by atoms with E-state index < -0.39 is 36.3 Å². The lowest BCUT2D eigenvalue weighted by molar-refractivity contribution is -0.160. The molecule has 0 saturated heterocycles. The zero-order chi connectivity index (χ0) is 34.3. The zero-order valence-corrected chi connectivity index (χ0v) is 27.3. The van der Waals surface area contributed by atoms with E-state index >= 15 is 0 Å². The van der Waals surface area contributed by atoms with E-state index in [4.69, 9.17) is 28.8 Å². The van der Waals surface area contributed by atoms with Gasteiger partial charge in [0.2, 0.25) is 5.96 Å². The number of aliphatic imine (C=N–C) groups is 1. The first-order valence-electron chi connectivity index (χ1n) is 15.5. The van der Waals surface area contributed by atoms with Gasteiger partial charge in [-0.1, -0.05) is 30.3 Å². The maximum absolute atomic E-state index is 13.7. The van der Waals surface area contributed by atoms with Gasteiger partial charge >= 0.3 is 12.1 Å². The van der Waals surface area contributed by atoms with Gasteiger partial charge in [0.1, 0.15) is 12.6 Å². The number of nitrogens with zero attached hydrogens (tertiary/aromatic N) is 2. The number of hydrazone groups is 1. The highest BCUT2D eigenvalue weighted by atomic mass is 16.7. The fraction of sp³-hybridized carbons (Fsp3) is 0.424. The van der Waals surface area contributed by atoms with E-state index in [0.717, 1.165) is 34.5 Å². The summed E-state index contributed by atoms with van der Waals surface area (Å²) in [5.41, 5.74) is 7.76. The number of aliphatic carboxylic acids is 1. The summed E-state index contributed by atoms with van der Waals surface area (Å²) in [5.74, 6) is -2.08. The van der Waals surface area contributed by atoms with Crippen LogP contribution in [-0.4, -0.2) is 94.6 Å². The van der Waals surface area contributed by atoms with Crippen molar-refractivity contribution in [2.24, 2.45) is 10.1 Å². The molecule has 256 valence electrons.